The molecule has 35 heavy (non-hydrogen) atoms. The van der Waals surface area contributed by atoms with Crippen LogP contribution in [-0.4, -0.2) is 32.5 Å². The van der Waals surface area contributed by atoms with Crippen LogP contribution in [0.15, 0.2) is 41.4 Å². The van der Waals surface area contributed by atoms with E-state index in [-0.39, 0.29) is 22.3 Å². The Morgan fingerprint density at radius 3 is 2.77 bits per heavy atom. The summed E-state index contributed by atoms with van der Waals surface area (Å²) in [5.74, 6) is -0.602. The smallest absolute Gasteiger partial charge is 0.309 e. The van der Waals surface area contributed by atoms with Gasteiger partial charge in [-0.05, 0) is 54.3 Å². The third-order valence-electron chi connectivity index (χ3n) is 5.76. The summed E-state index contributed by atoms with van der Waals surface area (Å²) < 4.78 is 40.1. The van der Waals surface area contributed by atoms with E-state index >= 15 is 0 Å². The fourth-order valence-corrected chi connectivity index (χ4v) is 6.18. The first-order valence-electron chi connectivity index (χ1n) is 11.2. The first-order valence-corrected chi connectivity index (χ1v) is 13.0. The van der Waals surface area contributed by atoms with Crippen LogP contribution in [0.2, 0.25) is 5.02 Å². The van der Waals surface area contributed by atoms with Crippen molar-refractivity contribution in [1.29, 1.82) is 5.26 Å². The molecule has 0 aliphatic carbocycles. The lowest BCUT2D eigenvalue weighted by molar-refractivity contribution is -0.132. The van der Waals surface area contributed by atoms with Gasteiger partial charge in [-0.25, -0.2) is 13.4 Å². The van der Waals surface area contributed by atoms with Crippen LogP contribution in [0.1, 0.15) is 43.4 Å². The zero-order chi connectivity index (χ0) is 25.2. The maximum atomic E-state index is 13.9. The van der Waals surface area contributed by atoms with Crippen LogP contribution in [0, 0.1) is 11.3 Å². The van der Waals surface area contributed by atoms with Gasteiger partial charge in [0.25, 0.3) is 10.0 Å². The van der Waals surface area contributed by atoms with Gasteiger partial charge in [0.05, 0.1) is 28.8 Å². The van der Waals surface area contributed by atoms with Crippen LogP contribution in [-0.2, 0) is 32.6 Å². The van der Waals surface area contributed by atoms with Gasteiger partial charge < -0.3 is 9.47 Å². The highest BCUT2D eigenvalue weighted by atomic mass is 35.5. The Hall–Kier alpha value is -3.19. The molecule has 4 rings (SSSR count). The largest absolute Gasteiger partial charge is 0.407 e. The maximum Gasteiger partial charge on any atom is 0.309 e. The van der Waals surface area contributed by atoms with Gasteiger partial charge in [0.2, 0.25) is 5.88 Å². The van der Waals surface area contributed by atoms with Gasteiger partial charge in [-0.1, -0.05) is 24.9 Å². The minimum absolute atomic E-state index is 0.0194. The minimum atomic E-state index is -4.09. The number of benzene rings is 2. The monoisotopic (exact) mass is 513 g/mol. The minimum Gasteiger partial charge on any atom is -0.407 e. The number of hydrogen-bond acceptors (Lipinski definition) is 7. The van der Waals surface area contributed by atoms with E-state index in [0.29, 0.717) is 41.7 Å². The van der Waals surface area contributed by atoms with Gasteiger partial charge in [0.1, 0.15) is 0 Å². The lowest BCUT2D eigenvalue weighted by atomic mass is 10.0. The second-order valence-electron chi connectivity index (χ2n) is 8.19. The molecule has 0 N–H and O–H groups in total. The van der Waals surface area contributed by atoms with Crippen molar-refractivity contribution in [2.24, 2.45) is 0 Å². The predicted molar refractivity (Wildman–Crippen MR) is 132 cm³/mol. The Kier molecular flexibility index (Phi) is 7.26. The molecule has 0 bridgehead atoms. The topological polar surface area (TPSA) is 110 Å². The van der Waals surface area contributed by atoms with Gasteiger partial charge in [0, 0.05) is 42.1 Å². The van der Waals surface area contributed by atoms with Crippen LogP contribution in [0.3, 0.4) is 0 Å². The van der Waals surface area contributed by atoms with E-state index in [4.69, 9.17) is 21.1 Å². The Balaban J connectivity index is 1.81. The zero-order valence-electron chi connectivity index (χ0n) is 19.4. The lowest BCUT2D eigenvalue weighted by Gasteiger charge is -2.22. The van der Waals surface area contributed by atoms with E-state index in [0.717, 1.165) is 24.0 Å². The number of ether oxygens (including phenoxy) is 2. The molecule has 1 aliphatic rings. The van der Waals surface area contributed by atoms with E-state index in [1.807, 2.05) is 0 Å². The van der Waals surface area contributed by atoms with Gasteiger partial charge in [-0.3, -0.25) is 9.10 Å². The molecule has 0 unspecified atom stereocenters. The van der Waals surface area contributed by atoms with Crippen molar-refractivity contribution < 1.29 is 22.7 Å². The van der Waals surface area contributed by atoms with Crippen molar-refractivity contribution in [2.45, 2.75) is 44.6 Å². The van der Waals surface area contributed by atoms with E-state index in [9.17, 15) is 18.5 Å². The number of sulfonamides is 1. The van der Waals surface area contributed by atoms with Crippen LogP contribution >= 0.6 is 11.6 Å². The molecule has 0 fully saturated rings. The highest BCUT2D eigenvalue weighted by molar-refractivity contribution is 7.93. The molecular weight excluding hydrogens is 490 g/mol. The molecule has 8 nitrogen and oxygen atoms in total. The number of nitriles is 1. The number of nitrogens with zero attached hydrogens (tertiary/aromatic N) is 3. The van der Waals surface area contributed by atoms with E-state index in [1.165, 1.54) is 29.6 Å². The number of anilines is 1. The third kappa shape index (κ3) is 4.96. The Labute approximate surface area is 209 Å². The summed E-state index contributed by atoms with van der Waals surface area (Å²) in [6, 6.07) is 9.90. The molecule has 2 aromatic carbocycles. The van der Waals surface area contributed by atoms with Gasteiger partial charge >= 0.3 is 5.97 Å². The van der Waals surface area contributed by atoms with Crippen molar-refractivity contribution >= 4 is 44.1 Å². The molecular formula is C25H24ClN3O5S. The van der Waals surface area contributed by atoms with E-state index in [2.05, 4.69) is 18.0 Å². The number of pyridine rings is 1. The molecule has 182 valence electrons. The van der Waals surface area contributed by atoms with Crippen molar-refractivity contribution in [3.05, 3.63) is 58.2 Å². The molecule has 0 radical (unpaired) electrons. The fraction of sp³-hybridized carbons (Fsp3) is 0.320. The summed E-state index contributed by atoms with van der Waals surface area (Å²) in [7, 11) is -4.09. The number of halogens is 1. The molecule has 1 aromatic heterocycles. The van der Waals surface area contributed by atoms with E-state index in [1.54, 1.807) is 18.2 Å². The van der Waals surface area contributed by atoms with Gasteiger partial charge in [-0.2, -0.15) is 5.26 Å². The predicted octanol–water partition coefficient (Wildman–Crippen LogP) is 4.75. The molecule has 3 aromatic rings. The summed E-state index contributed by atoms with van der Waals surface area (Å²) in [5.41, 5.74) is 2.47. The summed E-state index contributed by atoms with van der Waals surface area (Å²) in [4.78, 5) is 15.5. The van der Waals surface area contributed by atoms with Gasteiger partial charge in [0.15, 0.2) is 0 Å². The SMILES string of the molecule is CCCCOCc1cc(C#N)cc2c1CCN2S(=O)(=O)c1cc(Cl)cc2c(OC(C)=O)nccc12. The van der Waals surface area contributed by atoms with Crippen molar-refractivity contribution in [3.8, 4) is 11.9 Å². The molecule has 0 atom stereocenters. The third-order valence-corrected chi connectivity index (χ3v) is 7.83. The second-order valence-corrected chi connectivity index (χ2v) is 10.5. The first-order chi connectivity index (χ1) is 16.8. The van der Waals surface area contributed by atoms with Crippen molar-refractivity contribution in [2.75, 3.05) is 17.5 Å². The number of hydrogen-bond donors (Lipinski definition) is 0. The molecule has 0 saturated carbocycles. The Morgan fingerprint density at radius 2 is 2.06 bits per heavy atom. The highest BCUT2D eigenvalue weighted by Gasteiger charge is 2.34. The number of esters is 1. The number of rotatable bonds is 8. The summed E-state index contributed by atoms with van der Waals surface area (Å²) in [6.07, 6.45) is 3.80. The summed E-state index contributed by atoms with van der Waals surface area (Å²) >= 11 is 6.29. The molecule has 0 spiro atoms. The number of aromatic nitrogens is 1. The zero-order valence-corrected chi connectivity index (χ0v) is 20.9. The lowest BCUT2D eigenvalue weighted by Crippen LogP contribution is -2.29. The second kappa shape index (κ2) is 10.2. The molecule has 2 heterocycles. The average Bonchev–Trinajstić information content (AvgIpc) is 3.26. The standard InChI is InChI=1S/C25H24ClN3O5S/c1-3-4-9-33-15-18-10-17(14-27)11-23-20(18)6-8-29(23)35(31,32)24-13-19(26)12-22-21(24)5-7-28-25(22)34-16(2)30/h5,7,10-13H,3-4,6,8-9,15H2,1-2H3. The van der Waals surface area contributed by atoms with Crippen LogP contribution in [0.5, 0.6) is 5.88 Å². The van der Waals surface area contributed by atoms with Crippen LogP contribution in [0.4, 0.5) is 5.69 Å². The van der Waals surface area contributed by atoms with Gasteiger partial charge in [-0.15, -0.1) is 0 Å². The Morgan fingerprint density at radius 1 is 1.26 bits per heavy atom. The molecule has 0 amide bonds. The highest BCUT2D eigenvalue weighted by Crippen LogP contribution is 2.39. The maximum absolute atomic E-state index is 13.9. The number of carbonyl (C=O) groups excluding carboxylic acids is 1. The van der Waals surface area contributed by atoms with Crippen LogP contribution < -0.4 is 9.04 Å². The molecule has 1 aliphatic heterocycles. The fourth-order valence-electron chi connectivity index (χ4n) is 4.17. The summed E-state index contributed by atoms with van der Waals surface area (Å²) in [6.45, 7) is 4.43. The molecule has 0 saturated heterocycles. The number of fused-ring (bicyclic) bond motifs is 2. The number of unbranched alkanes of at least 4 members (excludes halogenated alkanes) is 1. The van der Waals surface area contributed by atoms with Crippen molar-refractivity contribution in [1.82, 2.24) is 4.98 Å². The molecule has 10 heteroatoms. The average molecular weight is 514 g/mol. The van der Waals surface area contributed by atoms with Crippen LogP contribution in [0.25, 0.3) is 10.8 Å². The van der Waals surface area contributed by atoms with E-state index < -0.39 is 16.0 Å². The quantitative estimate of drug-likeness (QED) is 0.315. The first kappa shape index (κ1) is 24.9. The summed E-state index contributed by atoms with van der Waals surface area (Å²) in [5, 5.41) is 10.4. The Bertz CT molecular complexity index is 1450. The number of carbonyl (C=O) groups is 1. The normalized spacial score (nSPS) is 13.0. The van der Waals surface area contributed by atoms with Crippen molar-refractivity contribution in [3.63, 3.8) is 0 Å².